The van der Waals surface area contributed by atoms with Gasteiger partial charge in [-0.2, -0.15) is 5.10 Å². The Bertz CT molecular complexity index is 1140. The van der Waals surface area contributed by atoms with Gasteiger partial charge in [-0.25, -0.2) is 14.4 Å². The van der Waals surface area contributed by atoms with Crippen molar-refractivity contribution in [2.45, 2.75) is 6.04 Å². The molecule has 1 aliphatic rings. The number of benzene rings is 1. The SMILES string of the molecule is [O-][S+]1CC(n2cc(-c3ncnc4oc(Br)cc34)c(-c3ccc(F)cc3)n2)C1. The highest BCUT2D eigenvalue weighted by Gasteiger charge is 2.35. The molecule has 0 radical (unpaired) electrons. The number of hydrogen-bond acceptors (Lipinski definition) is 5. The van der Waals surface area contributed by atoms with Crippen LogP contribution in [0.1, 0.15) is 6.04 Å². The van der Waals surface area contributed by atoms with Crippen molar-refractivity contribution in [3.8, 4) is 22.5 Å². The first-order valence-corrected chi connectivity index (χ1v) is 10.5. The molecule has 4 aromatic rings. The van der Waals surface area contributed by atoms with Crippen LogP contribution in [0.4, 0.5) is 4.39 Å². The fourth-order valence-electron chi connectivity index (χ4n) is 3.15. The van der Waals surface area contributed by atoms with Crippen LogP contribution in [0.2, 0.25) is 0 Å². The molecule has 1 aliphatic heterocycles. The summed E-state index contributed by atoms with van der Waals surface area (Å²) in [6.45, 7) is 0. The Labute approximate surface area is 164 Å². The van der Waals surface area contributed by atoms with Gasteiger partial charge < -0.3 is 8.97 Å². The lowest BCUT2D eigenvalue weighted by molar-refractivity contribution is 0.474. The van der Waals surface area contributed by atoms with E-state index >= 15 is 0 Å². The lowest BCUT2D eigenvalue weighted by atomic mass is 10.0. The fourth-order valence-corrected chi connectivity index (χ4v) is 4.60. The van der Waals surface area contributed by atoms with Gasteiger partial charge in [0.05, 0.1) is 11.1 Å². The predicted molar refractivity (Wildman–Crippen MR) is 103 cm³/mol. The first-order chi connectivity index (χ1) is 13.1. The molecule has 0 aliphatic carbocycles. The maximum atomic E-state index is 13.4. The summed E-state index contributed by atoms with van der Waals surface area (Å²) in [5.41, 5.74) is 3.40. The summed E-state index contributed by atoms with van der Waals surface area (Å²) in [6, 6.07) is 8.09. The third kappa shape index (κ3) is 2.95. The van der Waals surface area contributed by atoms with Crippen LogP contribution in [-0.2, 0) is 11.2 Å². The number of hydrogen-bond donors (Lipinski definition) is 0. The first-order valence-electron chi connectivity index (χ1n) is 8.19. The lowest BCUT2D eigenvalue weighted by Gasteiger charge is -2.28. The molecule has 0 spiro atoms. The average molecular weight is 447 g/mol. The van der Waals surface area contributed by atoms with Gasteiger partial charge in [0.25, 0.3) is 0 Å². The van der Waals surface area contributed by atoms with Crippen molar-refractivity contribution in [3.63, 3.8) is 0 Å². The van der Waals surface area contributed by atoms with Crippen molar-refractivity contribution in [3.05, 3.63) is 53.3 Å². The van der Waals surface area contributed by atoms with Crippen LogP contribution in [0.25, 0.3) is 33.6 Å². The predicted octanol–water partition coefficient (Wildman–Crippen LogP) is 3.96. The Hall–Kier alpha value is -2.23. The van der Waals surface area contributed by atoms with E-state index in [-0.39, 0.29) is 11.9 Å². The number of fused-ring (bicyclic) bond motifs is 1. The fraction of sp³-hybridized carbons (Fsp3) is 0.167. The summed E-state index contributed by atoms with van der Waals surface area (Å²) in [6.07, 6.45) is 3.35. The Balaban J connectivity index is 1.70. The van der Waals surface area contributed by atoms with Crippen LogP contribution < -0.4 is 0 Å². The number of nitrogens with zero attached hydrogens (tertiary/aromatic N) is 4. The minimum Gasteiger partial charge on any atom is -0.616 e. The summed E-state index contributed by atoms with van der Waals surface area (Å²) in [5, 5.41) is 5.47. The zero-order chi connectivity index (χ0) is 18.5. The standard InChI is InChI=1S/C18H12BrFN4O2S/c19-15-5-13-17(21-9-22-18(13)26-15)14-6-24(12-7-27(25)8-12)23-16(14)10-1-3-11(20)4-2-10/h1-6,9,12H,7-8H2. The van der Waals surface area contributed by atoms with E-state index in [1.54, 1.807) is 12.1 Å². The maximum absolute atomic E-state index is 13.4. The molecule has 27 heavy (non-hydrogen) atoms. The molecular formula is C18H12BrFN4O2S. The molecule has 9 heteroatoms. The van der Waals surface area contributed by atoms with E-state index in [2.05, 4.69) is 25.9 Å². The highest BCUT2D eigenvalue weighted by atomic mass is 79.9. The van der Waals surface area contributed by atoms with Crippen LogP contribution in [0.15, 0.2) is 51.9 Å². The van der Waals surface area contributed by atoms with Crippen molar-refractivity contribution in [2.75, 3.05) is 11.5 Å². The highest BCUT2D eigenvalue weighted by molar-refractivity contribution is 9.10. The maximum Gasteiger partial charge on any atom is 0.231 e. The highest BCUT2D eigenvalue weighted by Crippen LogP contribution is 2.37. The number of halogens is 2. The monoisotopic (exact) mass is 446 g/mol. The van der Waals surface area contributed by atoms with E-state index in [4.69, 9.17) is 9.52 Å². The molecule has 5 rings (SSSR count). The normalized spacial score (nSPS) is 19.4. The second-order valence-corrected chi connectivity index (χ2v) is 8.62. The number of rotatable bonds is 3. The minimum absolute atomic E-state index is 0.0900. The molecule has 0 saturated carbocycles. The quantitative estimate of drug-likeness (QED) is 0.445. The zero-order valence-corrected chi connectivity index (χ0v) is 16.2. The second kappa shape index (κ2) is 6.43. The molecule has 0 atom stereocenters. The van der Waals surface area contributed by atoms with Gasteiger partial charge in [-0.1, -0.05) is 0 Å². The Morgan fingerprint density at radius 2 is 1.96 bits per heavy atom. The zero-order valence-electron chi connectivity index (χ0n) is 13.8. The van der Waals surface area contributed by atoms with Crippen LogP contribution >= 0.6 is 15.9 Å². The molecule has 1 saturated heterocycles. The first kappa shape index (κ1) is 16.9. The van der Waals surface area contributed by atoms with Crippen LogP contribution in [0.5, 0.6) is 0 Å². The molecule has 1 aromatic carbocycles. The van der Waals surface area contributed by atoms with Gasteiger partial charge >= 0.3 is 0 Å². The largest absolute Gasteiger partial charge is 0.616 e. The average Bonchev–Trinajstić information content (AvgIpc) is 3.22. The van der Waals surface area contributed by atoms with Crippen LogP contribution in [0, 0.1) is 5.82 Å². The molecule has 0 bridgehead atoms. The van der Waals surface area contributed by atoms with Gasteiger partial charge in [0.15, 0.2) is 4.67 Å². The van der Waals surface area contributed by atoms with E-state index in [1.807, 2.05) is 16.9 Å². The van der Waals surface area contributed by atoms with Gasteiger partial charge in [0, 0.05) is 23.4 Å². The molecule has 6 nitrogen and oxygen atoms in total. The summed E-state index contributed by atoms with van der Waals surface area (Å²) >= 11 is 2.54. The Morgan fingerprint density at radius 1 is 1.19 bits per heavy atom. The number of aromatic nitrogens is 4. The van der Waals surface area contributed by atoms with Crippen molar-refractivity contribution >= 4 is 38.2 Å². The molecule has 0 unspecified atom stereocenters. The van der Waals surface area contributed by atoms with Crippen molar-refractivity contribution < 1.29 is 13.4 Å². The summed E-state index contributed by atoms with van der Waals surface area (Å²) in [4.78, 5) is 8.60. The topological polar surface area (TPSA) is 79.8 Å². The van der Waals surface area contributed by atoms with Crippen molar-refractivity contribution in [1.82, 2.24) is 19.7 Å². The summed E-state index contributed by atoms with van der Waals surface area (Å²) in [7, 11) is 0. The van der Waals surface area contributed by atoms with Gasteiger partial charge in [-0.05, 0) is 51.4 Å². The molecule has 0 N–H and O–H groups in total. The lowest BCUT2D eigenvalue weighted by Crippen LogP contribution is -2.38. The summed E-state index contributed by atoms with van der Waals surface area (Å²) in [5.74, 6) is 0.859. The third-order valence-corrected chi connectivity index (χ3v) is 6.44. The van der Waals surface area contributed by atoms with E-state index in [0.717, 1.165) is 16.5 Å². The van der Waals surface area contributed by atoms with Gasteiger partial charge in [0.2, 0.25) is 5.71 Å². The third-order valence-electron chi connectivity index (χ3n) is 4.53. The smallest absolute Gasteiger partial charge is 0.231 e. The second-order valence-electron chi connectivity index (χ2n) is 6.30. The summed E-state index contributed by atoms with van der Waals surface area (Å²) < 4.78 is 32.8. The molecule has 4 heterocycles. The molecule has 3 aromatic heterocycles. The van der Waals surface area contributed by atoms with Crippen LogP contribution in [0.3, 0.4) is 0 Å². The molecular weight excluding hydrogens is 435 g/mol. The molecule has 1 fully saturated rings. The number of furan rings is 1. The van der Waals surface area contributed by atoms with E-state index < -0.39 is 11.2 Å². The van der Waals surface area contributed by atoms with Gasteiger partial charge in [-0.3, -0.25) is 4.68 Å². The van der Waals surface area contributed by atoms with Gasteiger partial charge in [0.1, 0.15) is 35.4 Å². The van der Waals surface area contributed by atoms with E-state index in [0.29, 0.717) is 33.3 Å². The Kier molecular flexibility index (Phi) is 4.03. The Morgan fingerprint density at radius 3 is 2.70 bits per heavy atom. The van der Waals surface area contributed by atoms with Crippen LogP contribution in [-0.4, -0.2) is 35.8 Å². The van der Waals surface area contributed by atoms with E-state index in [1.165, 1.54) is 18.5 Å². The molecule has 0 amide bonds. The molecule has 136 valence electrons. The van der Waals surface area contributed by atoms with Crippen molar-refractivity contribution in [1.29, 1.82) is 0 Å². The van der Waals surface area contributed by atoms with Gasteiger partial charge in [-0.15, -0.1) is 0 Å². The van der Waals surface area contributed by atoms with Crippen molar-refractivity contribution in [2.24, 2.45) is 0 Å². The van der Waals surface area contributed by atoms with E-state index in [9.17, 15) is 8.94 Å². The minimum atomic E-state index is -0.788.